The predicted octanol–water partition coefficient (Wildman–Crippen LogP) is 2.17. The molecule has 0 aromatic heterocycles. The summed E-state index contributed by atoms with van der Waals surface area (Å²) >= 11 is 0. The van der Waals surface area contributed by atoms with Gasteiger partial charge in [-0.1, -0.05) is 6.07 Å². The van der Waals surface area contributed by atoms with E-state index in [0.29, 0.717) is 30.5 Å². The van der Waals surface area contributed by atoms with Crippen LogP contribution in [0.2, 0.25) is 0 Å². The number of carbonyl (C=O) groups excluding carboxylic acids is 2. The van der Waals surface area contributed by atoms with Crippen LogP contribution in [0.1, 0.15) is 63.7 Å². The molecule has 0 aliphatic carbocycles. The number of aromatic hydroxyl groups is 1. The number of β-amino-alcohol motifs (C(OH)–C–C–N with tert-alkyl or cyclic N) is 1. The number of phenols is 1. The van der Waals surface area contributed by atoms with E-state index in [4.69, 9.17) is 9.47 Å². The first-order valence-electron chi connectivity index (χ1n) is 10.3. The fourth-order valence-corrected chi connectivity index (χ4v) is 2.48. The molecule has 180 valence electrons. The molecule has 0 radical (unpaired) electrons. The van der Waals surface area contributed by atoms with E-state index in [0.717, 1.165) is 0 Å². The molecular weight excluding hydrogens is 424 g/mol. The average Bonchev–Trinajstić information content (AvgIpc) is 2.71. The molecule has 0 aliphatic heterocycles. The first-order valence-corrected chi connectivity index (χ1v) is 10.3. The van der Waals surface area contributed by atoms with Gasteiger partial charge in [0.25, 0.3) is 5.09 Å². The maximum atomic E-state index is 11.9. The molecule has 1 rings (SSSR count). The summed E-state index contributed by atoms with van der Waals surface area (Å²) in [5.41, 5.74) is 0.742. The van der Waals surface area contributed by atoms with E-state index in [9.17, 15) is 29.9 Å². The number of unbranched alkanes of at least 4 members (excludes halogenated alkanes) is 1. The first kappa shape index (κ1) is 27.1. The molecule has 0 spiro atoms. The third kappa shape index (κ3) is 12.1. The van der Waals surface area contributed by atoms with Gasteiger partial charge in [-0.2, -0.15) is 0 Å². The van der Waals surface area contributed by atoms with Crippen LogP contribution >= 0.6 is 0 Å². The van der Waals surface area contributed by atoms with Gasteiger partial charge in [0.1, 0.15) is 12.4 Å². The Morgan fingerprint density at radius 3 is 2.38 bits per heavy atom. The molecule has 1 unspecified atom stereocenters. The molecule has 1 aromatic carbocycles. The molecular formula is C21H32N2O9. The number of aliphatic hydroxyl groups is 1. The molecule has 0 heterocycles. The molecule has 0 saturated heterocycles. The summed E-state index contributed by atoms with van der Waals surface area (Å²) in [5.74, 6) is -1.30. The van der Waals surface area contributed by atoms with E-state index in [1.54, 1.807) is 12.1 Å². The second-order valence-corrected chi connectivity index (χ2v) is 8.18. The van der Waals surface area contributed by atoms with Crippen molar-refractivity contribution in [2.24, 2.45) is 0 Å². The molecule has 0 aliphatic rings. The third-order valence-electron chi connectivity index (χ3n) is 4.23. The number of nitrogens with one attached hydrogen (secondary N) is 1. The second kappa shape index (κ2) is 13.5. The second-order valence-electron chi connectivity index (χ2n) is 8.18. The first-order chi connectivity index (χ1) is 15.0. The van der Waals surface area contributed by atoms with Crippen LogP contribution < -0.4 is 5.32 Å². The van der Waals surface area contributed by atoms with Crippen molar-refractivity contribution in [3.8, 4) is 5.75 Å². The fourth-order valence-electron chi connectivity index (χ4n) is 2.48. The van der Waals surface area contributed by atoms with Gasteiger partial charge in [-0.25, -0.2) is 0 Å². The predicted molar refractivity (Wildman–Crippen MR) is 113 cm³/mol. The number of benzene rings is 1. The summed E-state index contributed by atoms with van der Waals surface area (Å²) < 4.78 is 10.0. The van der Waals surface area contributed by atoms with Gasteiger partial charge in [-0.05, 0) is 51.3 Å². The normalized spacial score (nSPS) is 12.1. The van der Waals surface area contributed by atoms with Crippen molar-refractivity contribution in [3.63, 3.8) is 0 Å². The number of nitrogens with zero attached hydrogens (tertiary/aromatic N) is 1. The van der Waals surface area contributed by atoms with Crippen LogP contribution in [0.25, 0.3) is 0 Å². The highest BCUT2D eigenvalue weighted by Gasteiger charge is 2.16. The van der Waals surface area contributed by atoms with Crippen molar-refractivity contribution >= 4 is 11.9 Å². The molecule has 1 atom stereocenters. The van der Waals surface area contributed by atoms with Crippen molar-refractivity contribution in [1.29, 1.82) is 0 Å². The monoisotopic (exact) mass is 456 g/mol. The molecule has 0 amide bonds. The van der Waals surface area contributed by atoms with Gasteiger partial charge in [0.2, 0.25) is 0 Å². The maximum absolute atomic E-state index is 11.9. The van der Waals surface area contributed by atoms with E-state index >= 15 is 0 Å². The number of hydrogen-bond donors (Lipinski definition) is 3. The summed E-state index contributed by atoms with van der Waals surface area (Å²) in [6.45, 7) is 6.04. The minimum atomic E-state index is -0.889. The molecule has 11 heteroatoms. The van der Waals surface area contributed by atoms with E-state index < -0.39 is 23.1 Å². The number of hydrogen-bond acceptors (Lipinski definition) is 10. The molecule has 0 saturated carbocycles. The van der Waals surface area contributed by atoms with Gasteiger partial charge < -0.3 is 29.8 Å². The third-order valence-corrected chi connectivity index (χ3v) is 4.23. The lowest BCUT2D eigenvalue weighted by Gasteiger charge is -2.23. The molecule has 11 nitrogen and oxygen atoms in total. The van der Waals surface area contributed by atoms with Crippen molar-refractivity contribution in [2.75, 3.05) is 19.8 Å². The molecule has 3 N–H and O–H groups in total. The summed E-state index contributed by atoms with van der Waals surface area (Å²) in [5, 5.41) is 32.6. The maximum Gasteiger partial charge on any atom is 0.306 e. The lowest BCUT2D eigenvalue weighted by Crippen LogP contribution is -2.38. The van der Waals surface area contributed by atoms with E-state index in [-0.39, 0.29) is 44.0 Å². The van der Waals surface area contributed by atoms with Crippen LogP contribution in [0, 0.1) is 10.1 Å². The Bertz CT molecular complexity index is 762. The Kier molecular flexibility index (Phi) is 11.4. The van der Waals surface area contributed by atoms with Crippen LogP contribution in [0.15, 0.2) is 18.2 Å². The SMILES string of the molecule is CC(C)(C)NCC(O)c1ccc(O)c(COC(=O)CCC(=O)OCCCCO[N+](=O)[O-])c1. The van der Waals surface area contributed by atoms with Crippen LogP contribution in [-0.2, 0) is 30.5 Å². The number of ether oxygens (including phenoxy) is 2. The minimum Gasteiger partial charge on any atom is -0.508 e. The Balaban J connectivity index is 2.36. The van der Waals surface area contributed by atoms with Crippen molar-refractivity contribution in [1.82, 2.24) is 5.32 Å². The Labute approximate surface area is 186 Å². The van der Waals surface area contributed by atoms with Gasteiger partial charge >= 0.3 is 11.9 Å². The highest BCUT2D eigenvalue weighted by Crippen LogP contribution is 2.23. The molecule has 1 aromatic rings. The zero-order chi connectivity index (χ0) is 24.1. The summed E-state index contributed by atoms with van der Waals surface area (Å²) in [6, 6.07) is 4.58. The van der Waals surface area contributed by atoms with Gasteiger partial charge in [0.05, 0.1) is 32.2 Å². The molecule has 0 bridgehead atoms. The minimum absolute atomic E-state index is 0.0713. The standard InChI is InChI=1S/C21H32N2O9/c1-21(2,3)22-13-18(25)15-6-7-17(24)16(12-15)14-31-20(27)9-8-19(26)30-10-4-5-11-32-23(28)29/h6-7,12,18,22,24-25H,4-5,8-11,13-14H2,1-3H3. The zero-order valence-corrected chi connectivity index (χ0v) is 18.7. The fraction of sp³-hybridized carbons (Fsp3) is 0.619. The summed E-state index contributed by atoms with van der Waals surface area (Å²) in [6.07, 6.45) is -0.406. The van der Waals surface area contributed by atoms with Crippen LogP contribution in [0.5, 0.6) is 5.75 Å². The lowest BCUT2D eigenvalue weighted by molar-refractivity contribution is -0.757. The van der Waals surface area contributed by atoms with Gasteiger partial charge in [0, 0.05) is 17.6 Å². The highest BCUT2D eigenvalue weighted by molar-refractivity contribution is 5.77. The molecule has 0 fully saturated rings. The van der Waals surface area contributed by atoms with Gasteiger partial charge in [-0.15, -0.1) is 10.1 Å². The lowest BCUT2D eigenvalue weighted by atomic mass is 10.0. The Morgan fingerprint density at radius 2 is 1.75 bits per heavy atom. The summed E-state index contributed by atoms with van der Waals surface area (Å²) in [4.78, 5) is 37.6. The van der Waals surface area contributed by atoms with Gasteiger partial charge in [-0.3, -0.25) is 9.59 Å². The number of aliphatic hydroxyl groups excluding tert-OH is 1. The van der Waals surface area contributed by atoms with Crippen molar-refractivity contribution < 1.29 is 39.2 Å². The van der Waals surface area contributed by atoms with E-state index in [1.807, 2.05) is 20.8 Å². The average molecular weight is 456 g/mol. The number of phenolic OH excluding ortho intramolecular Hbond substituents is 1. The zero-order valence-electron chi connectivity index (χ0n) is 18.7. The Morgan fingerprint density at radius 1 is 1.12 bits per heavy atom. The topological polar surface area (TPSA) is 157 Å². The van der Waals surface area contributed by atoms with Gasteiger partial charge in [0.15, 0.2) is 0 Å². The summed E-state index contributed by atoms with van der Waals surface area (Å²) in [7, 11) is 0. The van der Waals surface area contributed by atoms with E-state index in [2.05, 4.69) is 10.2 Å². The Hall–Kier alpha value is -2.92. The smallest absolute Gasteiger partial charge is 0.306 e. The quantitative estimate of drug-likeness (QED) is 0.164. The largest absolute Gasteiger partial charge is 0.508 e. The number of carbonyl (C=O) groups is 2. The van der Waals surface area contributed by atoms with Crippen molar-refractivity contribution in [2.45, 2.75) is 64.7 Å². The number of esters is 2. The van der Waals surface area contributed by atoms with Crippen LogP contribution in [-0.4, -0.2) is 52.5 Å². The molecule has 32 heavy (non-hydrogen) atoms. The van der Waals surface area contributed by atoms with E-state index in [1.165, 1.54) is 6.07 Å². The number of rotatable bonds is 14. The highest BCUT2D eigenvalue weighted by atomic mass is 16.9. The van der Waals surface area contributed by atoms with Crippen LogP contribution in [0.4, 0.5) is 0 Å². The van der Waals surface area contributed by atoms with Crippen molar-refractivity contribution in [3.05, 3.63) is 39.4 Å². The van der Waals surface area contributed by atoms with Crippen LogP contribution in [0.3, 0.4) is 0 Å².